The monoisotopic (exact) mass is 455 g/mol. The molecule has 4 nitrogen and oxygen atoms in total. The molecule has 8 heteroatoms. The third-order valence-corrected chi connectivity index (χ3v) is 7.13. The number of rotatable bonds is 5. The number of ether oxygens (including phenoxy) is 1. The molecule has 0 saturated carbocycles. The summed E-state index contributed by atoms with van der Waals surface area (Å²) in [5, 5.41) is 3.98. The van der Waals surface area contributed by atoms with Gasteiger partial charge >= 0.3 is 0 Å². The first-order valence-electron chi connectivity index (χ1n) is 9.78. The topological polar surface area (TPSA) is 27.7 Å². The molecule has 2 aromatic carbocycles. The van der Waals surface area contributed by atoms with Gasteiger partial charge in [-0.1, -0.05) is 23.2 Å². The standard InChI is InChI=1S/C21H24Cl2FN3OS/c1-28-18-3-6-26(7-4-18)16-10-14(22)9-15(11-16)25-20-13-17(12-19(24)21(20)23)27-5-2-8-29-27/h9-13,18,25H,2-8H2,1H3. The van der Waals surface area contributed by atoms with Gasteiger partial charge in [-0.25, -0.2) is 4.39 Å². The summed E-state index contributed by atoms with van der Waals surface area (Å²) in [7, 11) is 1.76. The predicted octanol–water partition coefficient (Wildman–Crippen LogP) is 6.35. The zero-order valence-corrected chi connectivity index (χ0v) is 18.6. The number of halogens is 3. The van der Waals surface area contributed by atoms with Gasteiger partial charge in [0.15, 0.2) is 0 Å². The molecule has 29 heavy (non-hydrogen) atoms. The van der Waals surface area contributed by atoms with Crippen molar-refractivity contribution in [3.63, 3.8) is 0 Å². The van der Waals surface area contributed by atoms with E-state index in [2.05, 4.69) is 14.5 Å². The van der Waals surface area contributed by atoms with Crippen LogP contribution in [0.4, 0.5) is 27.1 Å². The minimum absolute atomic E-state index is 0.0837. The Balaban J connectivity index is 1.57. The third-order valence-electron chi connectivity index (χ3n) is 5.36. The van der Waals surface area contributed by atoms with Crippen molar-refractivity contribution in [2.45, 2.75) is 25.4 Å². The second-order valence-electron chi connectivity index (χ2n) is 7.32. The van der Waals surface area contributed by atoms with Gasteiger partial charge in [0.2, 0.25) is 0 Å². The number of anilines is 4. The molecule has 2 aliphatic heterocycles. The first-order valence-corrected chi connectivity index (χ1v) is 11.5. The van der Waals surface area contributed by atoms with E-state index < -0.39 is 5.82 Å². The van der Waals surface area contributed by atoms with Crippen LogP contribution in [0.1, 0.15) is 19.3 Å². The maximum Gasteiger partial charge on any atom is 0.146 e. The van der Waals surface area contributed by atoms with E-state index >= 15 is 0 Å². The summed E-state index contributed by atoms with van der Waals surface area (Å²) >= 11 is 14.4. The lowest BCUT2D eigenvalue weighted by atomic mass is 10.1. The minimum Gasteiger partial charge on any atom is -0.381 e. The molecular weight excluding hydrogens is 432 g/mol. The summed E-state index contributed by atoms with van der Waals surface area (Å²) in [4.78, 5) is 2.30. The van der Waals surface area contributed by atoms with E-state index in [1.807, 2.05) is 24.3 Å². The zero-order chi connectivity index (χ0) is 20.4. The van der Waals surface area contributed by atoms with Crippen LogP contribution in [0.5, 0.6) is 0 Å². The summed E-state index contributed by atoms with van der Waals surface area (Å²) in [5.41, 5.74) is 3.19. The first-order chi connectivity index (χ1) is 14.0. The van der Waals surface area contributed by atoms with E-state index in [-0.39, 0.29) is 5.02 Å². The smallest absolute Gasteiger partial charge is 0.146 e. The van der Waals surface area contributed by atoms with Gasteiger partial charge in [0.1, 0.15) is 5.82 Å². The fourth-order valence-electron chi connectivity index (χ4n) is 3.79. The molecule has 0 amide bonds. The van der Waals surface area contributed by atoms with Crippen LogP contribution in [-0.4, -0.2) is 38.6 Å². The molecule has 0 bridgehead atoms. The van der Waals surface area contributed by atoms with Crippen molar-refractivity contribution < 1.29 is 9.13 Å². The molecule has 156 valence electrons. The number of nitrogens with one attached hydrogen (secondary N) is 1. The summed E-state index contributed by atoms with van der Waals surface area (Å²) < 4.78 is 22.0. The van der Waals surface area contributed by atoms with Crippen LogP contribution in [0, 0.1) is 5.82 Å². The lowest BCUT2D eigenvalue weighted by Gasteiger charge is -2.33. The van der Waals surface area contributed by atoms with Crippen molar-refractivity contribution in [3.8, 4) is 0 Å². The molecule has 0 aliphatic carbocycles. The van der Waals surface area contributed by atoms with Gasteiger partial charge in [0.25, 0.3) is 0 Å². The predicted molar refractivity (Wildman–Crippen MR) is 123 cm³/mol. The highest BCUT2D eigenvalue weighted by atomic mass is 35.5. The van der Waals surface area contributed by atoms with Crippen molar-refractivity contribution in [2.75, 3.05) is 47.0 Å². The molecule has 1 N–H and O–H groups in total. The van der Waals surface area contributed by atoms with E-state index in [9.17, 15) is 4.39 Å². The van der Waals surface area contributed by atoms with Crippen LogP contribution in [0.25, 0.3) is 0 Å². The molecular formula is C21H24Cl2FN3OS. The Labute approximate surface area is 185 Å². The second kappa shape index (κ2) is 9.21. The van der Waals surface area contributed by atoms with Crippen molar-refractivity contribution >= 4 is 57.9 Å². The van der Waals surface area contributed by atoms with Crippen LogP contribution in [-0.2, 0) is 4.74 Å². The normalized spacial score (nSPS) is 17.8. The van der Waals surface area contributed by atoms with Crippen molar-refractivity contribution in [3.05, 3.63) is 46.2 Å². The number of nitrogens with zero attached hydrogens (tertiary/aromatic N) is 2. The van der Waals surface area contributed by atoms with Crippen molar-refractivity contribution in [2.24, 2.45) is 0 Å². The Hall–Kier alpha value is -1.34. The zero-order valence-electron chi connectivity index (χ0n) is 16.3. The average Bonchev–Trinajstić information content (AvgIpc) is 3.26. The van der Waals surface area contributed by atoms with E-state index in [1.165, 1.54) is 6.07 Å². The quantitative estimate of drug-likeness (QED) is 0.530. The lowest BCUT2D eigenvalue weighted by Crippen LogP contribution is -2.36. The number of methoxy groups -OCH3 is 1. The van der Waals surface area contributed by atoms with E-state index in [4.69, 9.17) is 27.9 Å². The van der Waals surface area contributed by atoms with Gasteiger partial charge in [0, 0.05) is 48.9 Å². The molecule has 2 heterocycles. The van der Waals surface area contributed by atoms with Crippen LogP contribution >= 0.6 is 35.1 Å². The second-order valence-corrected chi connectivity index (χ2v) is 9.24. The highest BCUT2D eigenvalue weighted by molar-refractivity contribution is 8.00. The van der Waals surface area contributed by atoms with E-state index in [0.717, 1.165) is 61.7 Å². The van der Waals surface area contributed by atoms with Crippen LogP contribution in [0.2, 0.25) is 10.0 Å². The maximum absolute atomic E-state index is 14.5. The largest absolute Gasteiger partial charge is 0.381 e. The Bertz CT molecular complexity index is 871. The van der Waals surface area contributed by atoms with Gasteiger partial charge in [0.05, 0.1) is 22.5 Å². The Morgan fingerprint density at radius 2 is 1.86 bits per heavy atom. The lowest BCUT2D eigenvalue weighted by molar-refractivity contribution is 0.0819. The number of piperidine rings is 1. The molecule has 0 unspecified atom stereocenters. The minimum atomic E-state index is -0.428. The third kappa shape index (κ3) is 4.88. The summed E-state index contributed by atoms with van der Waals surface area (Å²) in [6.07, 6.45) is 3.38. The van der Waals surface area contributed by atoms with Gasteiger partial charge in [-0.15, -0.1) is 0 Å². The van der Waals surface area contributed by atoms with E-state index in [0.29, 0.717) is 16.8 Å². The molecule has 0 atom stereocenters. The Morgan fingerprint density at radius 1 is 1.07 bits per heavy atom. The SMILES string of the molecule is COC1CCN(c2cc(Cl)cc(Nc3cc(N4CCCS4)cc(F)c3Cl)c2)CC1. The maximum atomic E-state index is 14.5. The van der Waals surface area contributed by atoms with Crippen molar-refractivity contribution in [1.82, 2.24) is 0 Å². The summed E-state index contributed by atoms with van der Waals surface area (Å²) in [6.45, 7) is 2.73. The molecule has 0 aromatic heterocycles. The molecule has 2 aromatic rings. The molecule has 2 aliphatic rings. The summed E-state index contributed by atoms with van der Waals surface area (Å²) in [5.74, 6) is 0.618. The first kappa shape index (κ1) is 20.9. The van der Waals surface area contributed by atoms with Gasteiger partial charge in [-0.3, -0.25) is 0 Å². The molecule has 0 spiro atoms. The molecule has 4 rings (SSSR count). The molecule has 2 fully saturated rings. The van der Waals surface area contributed by atoms with Crippen LogP contribution in [0.3, 0.4) is 0 Å². The Kier molecular flexibility index (Phi) is 6.64. The highest BCUT2D eigenvalue weighted by Gasteiger charge is 2.21. The number of hydrogen-bond acceptors (Lipinski definition) is 5. The van der Waals surface area contributed by atoms with Crippen LogP contribution < -0.4 is 14.5 Å². The van der Waals surface area contributed by atoms with Gasteiger partial charge < -0.3 is 19.3 Å². The Morgan fingerprint density at radius 3 is 2.55 bits per heavy atom. The number of hydrogen-bond donors (Lipinski definition) is 1. The van der Waals surface area contributed by atoms with Crippen LogP contribution in [0.15, 0.2) is 30.3 Å². The van der Waals surface area contributed by atoms with Crippen molar-refractivity contribution in [1.29, 1.82) is 0 Å². The fourth-order valence-corrected chi connectivity index (χ4v) is 5.17. The highest BCUT2D eigenvalue weighted by Crippen LogP contribution is 2.38. The molecule has 2 saturated heterocycles. The van der Waals surface area contributed by atoms with Gasteiger partial charge in [-0.2, -0.15) is 0 Å². The molecule has 0 radical (unpaired) electrons. The van der Waals surface area contributed by atoms with E-state index in [1.54, 1.807) is 19.1 Å². The number of benzene rings is 2. The average molecular weight is 456 g/mol. The van der Waals surface area contributed by atoms with Gasteiger partial charge in [-0.05, 0) is 61.5 Å². The summed E-state index contributed by atoms with van der Waals surface area (Å²) in [6, 6.07) is 9.21. The fraction of sp³-hybridized carbons (Fsp3) is 0.429.